The normalized spacial score (nSPS) is 16.6. The fourth-order valence-electron chi connectivity index (χ4n) is 4.06. The molecule has 0 radical (unpaired) electrons. The zero-order chi connectivity index (χ0) is 23.1. The quantitative estimate of drug-likeness (QED) is 0.314. The van der Waals surface area contributed by atoms with Gasteiger partial charge < -0.3 is 14.3 Å². The highest BCUT2D eigenvalue weighted by molar-refractivity contribution is 8.00. The molecule has 10 heteroatoms. The predicted molar refractivity (Wildman–Crippen MR) is 128 cm³/mol. The fourth-order valence-corrected chi connectivity index (χ4v) is 6.39. The highest BCUT2D eigenvalue weighted by atomic mass is 32.2. The molecule has 2 unspecified atom stereocenters. The molecule has 0 aliphatic heterocycles. The van der Waals surface area contributed by atoms with E-state index in [0.29, 0.717) is 33.8 Å². The smallest absolute Gasteiger partial charge is 0.263 e. The maximum atomic E-state index is 13.7. The molecule has 1 aliphatic rings. The second-order valence-electron chi connectivity index (χ2n) is 8.47. The molecule has 8 nitrogen and oxygen atoms in total. The molecular formula is C23H24N4O4S2. The highest BCUT2D eigenvalue weighted by Crippen LogP contribution is 2.37. The number of aryl methyl sites for hydroxylation is 2. The zero-order valence-electron chi connectivity index (χ0n) is 18.6. The number of fused-ring (bicyclic) bond motifs is 3. The van der Waals surface area contributed by atoms with Crippen LogP contribution in [0.5, 0.6) is 0 Å². The van der Waals surface area contributed by atoms with E-state index in [-0.39, 0.29) is 18.0 Å². The Hall–Kier alpha value is -2.85. The lowest BCUT2D eigenvalue weighted by Gasteiger charge is -2.18. The van der Waals surface area contributed by atoms with Gasteiger partial charge >= 0.3 is 0 Å². The van der Waals surface area contributed by atoms with Gasteiger partial charge in [-0.1, -0.05) is 23.8 Å². The number of anilines is 1. The third-order valence-electron chi connectivity index (χ3n) is 5.80. The van der Waals surface area contributed by atoms with Gasteiger partial charge in [0.15, 0.2) is 11.0 Å². The lowest BCUT2D eigenvalue weighted by molar-refractivity contribution is -0.115. The third kappa shape index (κ3) is 4.37. The number of aromatic nitrogens is 3. The number of amides is 1. The summed E-state index contributed by atoms with van der Waals surface area (Å²) >= 11 is 2.85. The van der Waals surface area contributed by atoms with Crippen LogP contribution >= 0.6 is 23.1 Å². The first-order chi connectivity index (χ1) is 15.9. The van der Waals surface area contributed by atoms with Gasteiger partial charge in [-0.05, 0) is 56.7 Å². The van der Waals surface area contributed by atoms with Crippen molar-refractivity contribution >= 4 is 45.0 Å². The summed E-state index contributed by atoms with van der Waals surface area (Å²) in [6, 6.07) is 5.28. The SMILES string of the molecule is Cc1cc(NC(=O)C(C)Sc2nc3sc4c(c3c(=O)n2Cc2ccco2)CCC(C)C4)no1. The number of rotatable bonds is 6. The van der Waals surface area contributed by atoms with E-state index >= 15 is 0 Å². The van der Waals surface area contributed by atoms with E-state index in [2.05, 4.69) is 17.4 Å². The Labute approximate surface area is 198 Å². The van der Waals surface area contributed by atoms with E-state index in [4.69, 9.17) is 13.9 Å². The van der Waals surface area contributed by atoms with Gasteiger partial charge in [0.2, 0.25) is 5.91 Å². The average Bonchev–Trinajstić information content (AvgIpc) is 3.50. The van der Waals surface area contributed by atoms with Crippen molar-refractivity contribution in [3.8, 4) is 0 Å². The second-order valence-corrected chi connectivity index (χ2v) is 10.9. The Morgan fingerprint density at radius 1 is 1.45 bits per heavy atom. The molecule has 0 saturated heterocycles. The summed E-state index contributed by atoms with van der Waals surface area (Å²) in [7, 11) is 0. The van der Waals surface area contributed by atoms with Crippen LogP contribution in [-0.2, 0) is 24.2 Å². The van der Waals surface area contributed by atoms with Crippen LogP contribution in [0.25, 0.3) is 10.2 Å². The molecule has 0 saturated carbocycles. The van der Waals surface area contributed by atoms with Crippen molar-refractivity contribution in [2.45, 2.75) is 57.0 Å². The summed E-state index contributed by atoms with van der Waals surface area (Å²) in [5.74, 6) is 2.00. The standard InChI is InChI=1S/C23H24N4O4S2/c1-12-6-7-16-17(9-12)33-21-19(16)22(29)27(11-15-5-4-8-30-15)23(25-21)32-14(3)20(28)24-18-10-13(2)31-26-18/h4-5,8,10,12,14H,6-7,9,11H2,1-3H3,(H,24,26,28). The van der Waals surface area contributed by atoms with Gasteiger partial charge in [0, 0.05) is 10.9 Å². The van der Waals surface area contributed by atoms with Crippen molar-refractivity contribution in [2.24, 2.45) is 5.92 Å². The van der Waals surface area contributed by atoms with E-state index in [1.807, 2.05) is 6.07 Å². The lowest BCUT2D eigenvalue weighted by atomic mass is 9.89. The first-order valence-electron chi connectivity index (χ1n) is 10.9. The number of carbonyl (C=O) groups is 1. The first kappa shape index (κ1) is 22.0. The number of hydrogen-bond donors (Lipinski definition) is 1. The van der Waals surface area contributed by atoms with Crippen molar-refractivity contribution < 1.29 is 13.7 Å². The second kappa shape index (κ2) is 8.83. The minimum atomic E-state index is -0.510. The van der Waals surface area contributed by atoms with Crippen LogP contribution in [0.3, 0.4) is 0 Å². The largest absolute Gasteiger partial charge is 0.467 e. The molecule has 33 heavy (non-hydrogen) atoms. The van der Waals surface area contributed by atoms with Crippen LogP contribution in [0.2, 0.25) is 0 Å². The zero-order valence-corrected chi connectivity index (χ0v) is 20.2. The molecule has 0 fully saturated rings. The van der Waals surface area contributed by atoms with E-state index in [1.54, 1.807) is 48.1 Å². The number of nitrogens with one attached hydrogen (secondary N) is 1. The van der Waals surface area contributed by atoms with Gasteiger partial charge in [0.1, 0.15) is 16.4 Å². The minimum absolute atomic E-state index is 0.0781. The van der Waals surface area contributed by atoms with Crippen LogP contribution in [0.1, 0.15) is 42.2 Å². The number of nitrogens with zero attached hydrogens (tertiary/aromatic N) is 3. The Bertz CT molecular complexity index is 1370. The molecule has 172 valence electrons. The molecule has 0 bridgehead atoms. The molecule has 4 aromatic heterocycles. The molecule has 1 N–H and O–H groups in total. The maximum absolute atomic E-state index is 13.7. The van der Waals surface area contributed by atoms with Gasteiger partial charge in [-0.2, -0.15) is 0 Å². The molecular weight excluding hydrogens is 460 g/mol. The van der Waals surface area contributed by atoms with Gasteiger partial charge in [0.05, 0.1) is 23.4 Å². The van der Waals surface area contributed by atoms with Crippen molar-refractivity contribution in [2.75, 3.05) is 5.32 Å². The van der Waals surface area contributed by atoms with E-state index in [9.17, 15) is 9.59 Å². The molecule has 0 aromatic carbocycles. The number of furan rings is 1. The van der Waals surface area contributed by atoms with Crippen molar-refractivity contribution in [1.29, 1.82) is 0 Å². The van der Waals surface area contributed by atoms with E-state index < -0.39 is 5.25 Å². The van der Waals surface area contributed by atoms with Crippen molar-refractivity contribution in [1.82, 2.24) is 14.7 Å². The number of hydrogen-bond acceptors (Lipinski definition) is 8. The topological polar surface area (TPSA) is 103 Å². The fraction of sp³-hybridized carbons (Fsp3) is 0.391. The molecule has 4 aromatic rings. The lowest BCUT2D eigenvalue weighted by Crippen LogP contribution is -2.27. The monoisotopic (exact) mass is 484 g/mol. The van der Waals surface area contributed by atoms with Crippen LogP contribution in [0.15, 0.2) is 43.4 Å². The van der Waals surface area contributed by atoms with Crippen LogP contribution in [0.4, 0.5) is 5.82 Å². The molecule has 1 amide bonds. The van der Waals surface area contributed by atoms with Crippen molar-refractivity contribution in [3.05, 3.63) is 56.8 Å². The Morgan fingerprint density at radius 3 is 3.03 bits per heavy atom. The van der Waals surface area contributed by atoms with Crippen LogP contribution < -0.4 is 10.9 Å². The summed E-state index contributed by atoms with van der Waals surface area (Å²) in [6.07, 6.45) is 4.54. The summed E-state index contributed by atoms with van der Waals surface area (Å²) in [6.45, 7) is 6.04. The van der Waals surface area contributed by atoms with Crippen molar-refractivity contribution in [3.63, 3.8) is 0 Å². The number of carbonyl (C=O) groups excluding carboxylic acids is 1. The summed E-state index contributed by atoms with van der Waals surface area (Å²) in [4.78, 5) is 33.3. The minimum Gasteiger partial charge on any atom is -0.467 e. The molecule has 1 aliphatic carbocycles. The van der Waals surface area contributed by atoms with Gasteiger partial charge in [0.25, 0.3) is 5.56 Å². The molecule has 5 rings (SSSR count). The van der Waals surface area contributed by atoms with Gasteiger partial charge in [-0.15, -0.1) is 11.3 Å². The van der Waals surface area contributed by atoms with Gasteiger partial charge in [-0.25, -0.2) is 4.98 Å². The molecule has 4 heterocycles. The van der Waals surface area contributed by atoms with E-state index in [0.717, 1.165) is 29.7 Å². The highest BCUT2D eigenvalue weighted by Gasteiger charge is 2.26. The van der Waals surface area contributed by atoms with E-state index in [1.165, 1.54) is 16.6 Å². The first-order valence-corrected chi connectivity index (χ1v) is 12.6. The summed E-state index contributed by atoms with van der Waals surface area (Å²) < 4.78 is 12.1. The van der Waals surface area contributed by atoms with Gasteiger partial charge in [-0.3, -0.25) is 14.2 Å². The average molecular weight is 485 g/mol. The number of thiophene rings is 1. The summed E-state index contributed by atoms with van der Waals surface area (Å²) in [5.41, 5.74) is 1.06. The Morgan fingerprint density at radius 2 is 2.30 bits per heavy atom. The predicted octanol–water partition coefficient (Wildman–Crippen LogP) is 4.64. The molecule has 2 atom stereocenters. The summed E-state index contributed by atoms with van der Waals surface area (Å²) in [5, 5.41) is 7.26. The third-order valence-corrected chi connectivity index (χ3v) is 8.04. The van der Waals surface area contributed by atoms with Crippen LogP contribution in [0, 0.1) is 12.8 Å². The molecule has 0 spiro atoms. The Balaban J connectivity index is 1.52. The maximum Gasteiger partial charge on any atom is 0.263 e. The number of thioether (sulfide) groups is 1. The Kier molecular flexibility index (Phi) is 5.88. The van der Waals surface area contributed by atoms with Crippen LogP contribution in [-0.4, -0.2) is 25.9 Å².